The number of benzene rings is 1. The van der Waals surface area contributed by atoms with Gasteiger partial charge in [-0.1, -0.05) is 0 Å². The summed E-state index contributed by atoms with van der Waals surface area (Å²) in [4.78, 5) is -0.703. The molecule has 0 aromatic heterocycles. The van der Waals surface area contributed by atoms with E-state index in [2.05, 4.69) is 10.6 Å². The lowest BCUT2D eigenvalue weighted by Gasteiger charge is -2.12. The van der Waals surface area contributed by atoms with Crippen molar-refractivity contribution in [3.05, 3.63) is 23.8 Å². The minimum absolute atomic E-state index is 0.150. The standard InChI is InChI=1S/C11H12F2N2O2S/c1-3-4-7(2)15-18(16,17)11-6-10(14)8(12)5-9(11)13/h1,5-7,15H,4,14H2,2H3. The van der Waals surface area contributed by atoms with Gasteiger partial charge in [-0.05, 0) is 13.0 Å². The van der Waals surface area contributed by atoms with Gasteiger partial charge in [0.05, 0.1) is 5.69 Å². The fraction of sp³-hybridized carbons (Fsp3) is 0.273. The summed E-state index contributed by atoms with van der Waals surface area (Å²) in [7, 11) is -4.12. The zero-order valence-corrected chi connectivity index (χ0v) is 10.4. The topological polar surface area (TPSA) is 72.2 Å². The molecule has 0 aliphatic heterocycles. The molecule has 0 fully saturated rings. The van der Waals surface area contributed by atoms with E-state index in [-0.39, 0.29) is 6.42 Å². The molecule has 1 aromatic carbocycles. The molecule has 1 rings (SSSR count). The zero-order valence-electron chi connectivity index (χ0n) is 9.57. The molecular weight excluding hydrogens is 262 g/mol. The van der Waals surface area contributed by atoms with E-state index in [1.807, 2.05) is 0 Å². The van der Waals surface area contributed by atoms with Crippen molar-refractivity contribution < 1.29 is 17.2 Å². The van der Waals surface area contributed by atoms with Crippen LogP contribution in [-0.2, 0) is 10.0 Å². The number of hydrogen-bond acceptors (Lipinski definition) is 3. The predicted octanol–water partition coefficient (Wildman–Crippen LogP) is 1.24. The monoisotopic (exact) mass is 274 g/mol. The zero-order chi connectivity index (χ0) is 13.9. The van der Waals surface area contributed by atoms with E-state index in [1.165, 1.54) is 6.92 Å². The first kappa shape index (κ1) is 14.4. The highest BCUT2D eigenvalue weighted by Gasteiger charge is 2.22. The molecule has 0 amide bonds. The number of anilines is 1. The van der Waals surface area contributed by atoms with Crippen molar-refractivity contribution in [2.24, 2.45) is 0 Å². The SMILES string of the molecule is C#CCC(C)NS(=O)(=O)c1cc(N)c(F)cc1F. The normalized spacial score (nSPS) is 13.0. The Labute approximate surface area is 104 Å². The van der Waals surface area contributed by atoms with E-state index in [1.54, 1.807) is 0 Å². The maximum Gasteiger partial charge on any atom is 0.243 e. The second kappa shape index (κ2) is 5.33. The molecule has 0 saturated heterocycles. The van der Waals surface area contributed by atoms with Crippen LogP contribution in [0.5, 0.6) is 0 Å². The fourth-order valence-corrected chi connectivity index (χ4v) is 2.64. The number of nitrogen functional groups attached to an aromatic ring is 1. The molecular formula is C11H12F2N2O2S. The lowest BCUT2D eigenvalue weighted by atomic mass is 10.3. The number of sulfonamides is 1. The number of rotatable bonds is 4. The Balaban J connectivity index is 3.14. The molecule has 0 heterocycles. The van der Waals surface area contributed by atoms with Crippen molar-refractivity contribution >= 4 is 15.7 Å². The molecule has 1 aromatic rings. The van der Waals surface area contributed by atoms with Crippen molar-refractivity contribution in [3.63, 3.8) is 0 Å². The first-order valence-corrected chi connectivity index (χ1v) is 6.46. The van der Waals surface area contributed by atoms with Crippen molar-refractivity contribution in [2.45, 2.75) is 24.3 Å². The van der Waals surface area contributed by atoms with Crippen molar-refractivity contribution in [1.29, 1.82) is 0 Å². The summed E-state index contributed by atoms with van der Waals surface area (Å²) in [6.45, 7) is 1.53. The van der Waals surface area contributed by atoms with Crippen LogP contribution in [0.4, 0.5) is 14.5 Å². The Bertz CT molecular complexity index is 594. The molecule has 1 unspecified atom stereocenters. The molecule has 0 aliphatic carbocycles. The van der Waals surface area contributed by atoms with Crippen LogP contribution >= 0.6 is 0 Å². The van der Waals surface area contributed by atoms with E-state index in [0.29, 0.717) is 6.07 Å². The number of halogens is 2. The van der Waals surface area contributed by atoms with E-state index in [0.717, 1.165) is 6.07 Å². The third-order valence-electron chi connectivity index (χ3n) is 2.12. The second-order valence-corrected chi connectivity index (χ2v) is 5.42. The summed E-state index contributed by atoms with van der Waals surface area (Å²) in [5.74, 6) is 0.0539. The van der Waals surface area contributed by atoms with E-state index in [9.17, 15) is 17.2 Å². The van der Waals surface area contributed by atoms with Crippen LogP contribution in [0.25, 0.3) is 0 Å². The molecule has 0 spiro atoms. The molecule has 18 heavy (non-hydrogen) atoms. The van der Waals surface area contributed by atoms with Gasteiger partial charge in [0.25, 0.3) is 0 Å². The first-order chi connectivity index (χ1) is 8.27. The van der Waals surface area contributed by atoms with E-state index >= 15 is 0 Å². The maximum atomic E-state index is 13.4. The summed E-state index contributed by atoms with van der Waals surface area (Å²) < 4.78 is 52.1. The third-order valence-corrected chi connectivity index (χ3v) is 3.73. The fourth-order valence-electron chi connectivity index (χ4n) is 1.30. The van der Waals surface area contributed by atoms with Gasteiger partial charge in [0.15, 0.2) is 0 Å². The van der Waals surface area contributed by atoms with Gasteiger partial charge in [0.1, 0.15) is 16.5 Å². The van der Waals surface area contributed by atoms with Gasteiger partial charge in [0.2, 0.25) is 10.0 Å². The van der Waals surface area contributed by atoms with Crippen LogP contribution < -0.4 is 10.5 Å². The largest absolute Gasteiger partial charge is 0.396 e. The van der Waals surface area contributed by atoms with Crippen LogP contribution in [0.2, 0.25) is 0 Å². The highest BCUT2D eigenvalue weighted by atomic mass is 32.2. The van der Waals surface area contributed by atoms with Crippen LogP contribution in [0.15, 0.2) is 17.0 Å². The van der Waals surface area contributed by atoms with Crippen molar-refractivity contribution in [3.8, 4) is 12.3 Å². The predicted molar refractivity (Wildman–Crippen MR) is 64.0 cm³/mol. The molecule has 1 atom stereocenters. The number of terminal acetylenes is 1. The van der Waals surface area contributed by atoms with Gasteiger partial charge in [0, 0.05) is 18.5 Å². The van der Waals surface area contributed by atoms with Crippen LogP contribution in [0.1, 0.15) is 13.3 Å². The van der Waals surface area contributed by atoms with Gasteiger partial charge < -0.3 is 5.73 Å². The molecule has 0 aliphatic rings. The highest BCUT2D eigenvalue weighted by molar-refractivity contribution is 7.89. The summed E-state index contributed by atoms with van der Waals surface area (Å²) in [6, 6.07) is 0.594. The summed E-state index contributed by atoms with van der Waals surface area (Å²) in [5, 5.41) is 0. The molecule has 4 nitrogen and oxygen atoms in total. The quantitative estimate of drug-likeness (QED) is 0.641. The minimum atomic E-state index is -4.12. The van der Waals surface area contributed by atoms with Gasteiger partial charge in [-0.15, -0.1) is 12.3 Å². The summed E-state index contributed by atoms with van der Waals surface area (Å²) >= 11 is 0. The average Bonchev–Trinajstić information content (AvgIpc) is 2.22. The smallest absolute Gasteiger partial charge is 0.243 e. The molecule has 0 radical (unpaired) electrons. The Morgan fingerprint density at radius 1 is 1.44 bits per heavy atom. The second-order valence-electron chi connectivity index (χ2n) is 3.73. The average molecular weight is 274 g/mol. The molecule has 98 valence electrons. The Kier molecular flexibility index (Phi) is 4.27. The molecule has 0 bridgehead atoms. The van der Waals surface area contributed by atoms with Crippen molar-refractivity contribution in [1.82, 2.24) is 4.72 Å². The van der Waals surface area contributed by atoms with Gasteiger partial charge in [-0.2, -0.15) is 0 Å². The summed E-state index contributed by atoms with van der Waals surface area (Å²) in [6.07, 6.45) is 5.18. The summed E-state index contributed by atoms with van der Waals surface area (Å²) in [5.41, 5.74) is 4.77. The number of hydrogen-bond donors (Lipinski definition) is 2. The van der Waals surface area contributed by atoms with Gasteiger partial charge >= 0.3 is 0 Å². The van der Waals surface area contributed by atoms with E-state index in [4.69, 9.17) is 12.2 Å². The van der Waals surface area contributed by atoms with Crippen LogP contribution in [0, 0.1) is 24.0 Å². The highest BCUT2D eigenvalue weighted by Crippen LogP contribution is 2.21. The molecule has 3 N–H and O–H groups in total. The van der Waals surface area contributed by atoms with Gasteiger partial charge in [-0.25, -0.2) is 21.9 Å². The van der Waals surface area contributed by atoms with Crippen LogP contribution in [0.3, 0.4) is 0 Å². The van der Waals surface area contributed by atoms with Gasteiger partial charge in [-0.3, -0.25) is 0 Å². The molecule has 0 saturated carbocycles. The lowest BCUT2D eigenvalue weighted by molar-refractivity contribution is 0.536. The third kappa shape index (κ3) is 3.18. The lowest BCUT2D eigenvalue weighted by Crippen LogP contribution is -2.33. The molecule has 7 heteroatoms. The Morgan fingerprint density at radius 2 is 2.06 bits per heavy atom. The maximum absolute atomic E-state index is 13.4. The number of nitrogens with one attached hydrogen (secondary N) is 1. The van der Waals surface area contributed by atoms with Crippen LogP contribution in [-0.4, -0.2) is 14.5 Å². The Hall–Kier alpha value is -1.65. The first-order valence-electron chi connectivity index (χ1n) is 4.98. The number of nitrogens with two attached hydrogens (primary N) is 1. The van der Waals surface area contributed by atoms with E-state index < -0.39 is 38.3 Å². The Morgan fingerprint density at radius 3 is 2.61 bits per heavy atom. The van der Waals surface area contributed by atoms with Crippen molar-refractivity contribution in [2.75, 3.05) is 5.73 Å². The minimum Gasteiger partial charge on any atom is -0.396 e.